The highest BCUT2D eigenvalue weighted by molar-refractivity contribution is 5.73. The molecule has 0 saturated heterocycles. The van der Waals surface area contributed by atoms with Crippen molar-refractivity contribution in [1.82, 2.24) is 0 Å². The van der Waals surface area contributed by atoms with E-state index in [1.807, 2.05) is 0 Å². The minimum Gasteiger partial charge on any atom is -0.479 e. The minimum atomic E-state index is -4.51. The fourth-order valence-corrected chi connectivity index (χ4v) is 1.49. The third-order valence-corrected chi connectivity index (χ3v) is 2.47. The van der Waals surface area contributed by atoms with Gasteiger partial charge in [0.15, 0.2) is 6.10 Å². The molecular formula is C11H11F3O4. The summed E-state index contributed by atoms with van der Waals surface area (Å²) in [4.78, 5) is 10.5. The third-order valence-electron chi connectivity index (χ3n) is 2.47. The second kappa shape index (κ2) is 4.95. The van der Waals surface area contributed by atoms with Crippen LogP contribution in [0, 0.1) is 6.92 Å². The van der Waals surface area contributed by atoms with Crippen molar-refractivity contribution in [3.8, 4) is 0 Å². The average Bonchev–Trinajstić information content (AvgIpc) is 2.25. The van der Waals surface area contributed by atoms with Gasteiger partial charge < -0.3 is 15.3 Å². The standard InChI is InChI=1S/C11H11F3O4/c1-5-4-6(11(12,13)14)2-3-7(5)8(15)9(16)10(17)18/h2-4,8-9,15-16H,1H3,(H,17,18). The second-order valence-corrected chi connectivity index (χ2v) is 3.80. The van der Waals surface area contributed by atoms with Gasteiger partial charge in [-0.15, -0.1) is 0 Å². The molecular weight excluding hydrogens is 253 g/mol. The molecule has 4 nitrogen and oxygen atoms in total. The zero-order chi connectivity index (χ0) is 14.1. The summed E-state index contributed by atoms with van der Waals surface area (Å²) in [6, 6.07) is 2.46. The molecule has 100 valence electrons. The highest BCUT2D eigenvalue weighted by Gasteiger charge is 2.32. The van der Waals surface area contributed by atoms with Gasteiger partial charge in [0.25, 0.3) is 0 Å². The molecule has 3 N–H and O–H groups in total. The third kappa shape index (κ3) is 2.99. The maximum Gasteiger partial charge on any atom is 0.416 e. The minimum absolute atomic E-state index is 0.0534. The summed E-state index contributed by atoms with van der Waals surface area (Å²) < 4.78 is 37.1. The van der Waals surface area contributed by atoms with Gasteiger partial charge in [-0.1, -0.05) is 6.07 Å². The van der Waals surface area contributed by atoms with Crippen molar-refractivity contribution in [2.45, 2.75) is 25.3 Å². The smallest absolute Gasteiger partial charge is 0.416 e. The molecule has 0 aliphatic carbocycles. The van der Waals surface area contributed by atoms with E-state index in [1.165, 1.54) is 6.92 Å². The first-order valence-corrected chi connectivity index (χ1v) is 4.91. The number of carboxylic acids is 1. The Morgan fingerprint density at radius 2 is 1.83 bits per heavy atom. The topological polar surface area (TPSA) is 77.8 Å². The van der Waals surface area contributed by atoms with Crippen LogP contribution in [0.3, 0.4) is 0 Å². The molecule has 0 bridgehead atoms. The molecule has 1 aromatic carbocycles. The van der Waals surface area contributed by atoms with E-state index in [4.69, 9.17) is 10.2 Å². The van der Waals surface area contributed by atoms with Crippen LogP contribution < -0.4 is 0 Å². The number of benzene rings is 1. The molecule has 2 atom stereocenters. The van der Waals surface area contributed by atoms with E-state index in [-0.39, 0.29) is 11.1 Å². The molecule has 0 fully saturated rings. The summed E-state index contributed by atoms with van der Waals surface area (Å²) in [6.07, 6.45) is -8.37. The number of hydrogen-bond donors (Lipinski definition) is 3. The Bertz CT molecular complexity index is 456. The Hall–Kier alpha value is -1.60. The van der Waals surface area contributed by atoms with Gasteiger partial charge in [-0.2, -0.15) is 13.2 Å². The van der Waals surface area contributed by atoms with Crippen LogP contribution in [0.4, 0.5) is 13.2 Å². The summed E-state index contributed by atoms with van der Waals surface area (Å²) in [5.41, 5.74) is -0.906. The number of aliphatic hydroxyl groups is 2. The van der Waals surface area contributed by atoms with Gasteiger partial charge in [-0.05, 0) is 30.2 Å². The first-order valence-electron chi connectivity index (χ1n) is 4.91. The van der Waals surface area contributed by atoms with Crippen molar-refractivity contribution < 1.29 is 33.3 Å². The highest BCUT2D eigenvalue weighted by atomic mass is 19.4. The molecule has 0 aliphatic heterocycles. The number of halogens is 3. The number of aliphatic hydroxyl groups excluding tert-OH is 2. The van der Waals surface area contributed by atoms with E-state index >= 15 is 0 Å². The van der Waals surface area contributed by atoms with Crippen molar-refractivity contribution in [2.24, 2.45) is 0 Å². The molecule has 7 heteroatoms. The van der Waals surface area contributed by atoms with Crippen LogP contribution in [0.25, 0.3) is 0 Å². The Morgan fingerprint density at radius 1 is 1.28 bits per heavy atom. The van der Waals surface area contributed by atoms with E-state index in [1.54, 1.807) is 0 Å². The number of rotatable bonds is 3. The number of carbonyl (C=O) groups is 1. The lowest BCUT2D eigenvalue weighted by Crippen LogP contribution is -2.28. The summed E-state index contributed by atoms with van der Waals surface area (Å²) in [5.74, 6) is -1.65. The Labute approximate surface area is 100 Å². The Kier molecular flexibility index (Phi) is 3.98. The summed E-state index contributed by atoms with van der Waals surface area (Å²) in [5, 5.41) is 27.2. The number of aliphatic carboxylic acids is 1. The lowest BCUT2D eigenvalue weighted by Gasteiger charge is -2.18. The van der Waals surface area contributed by atoms with E-state index < -0.39 is 29.9 Å². The molecule has 0 radical (unpaired) electrons. The van der Waals surface area contributed by atoms with Crippen molar-refractivity contribution >= 4 is 5.97 Å². The zero-order valence-electron chi connectivity index (χ0n) is 9.27. The van der Waals surface area contributed by atoms with Gasteiger partial charge >= 0.3 is 12.1 Å². The van der Waals surface area contributed by atoms with Crippen molar-refractivity contribution in [2.75, 3.05) is 0 Å². The Morgan fingerprint density at radius 3 is 2.22 bits per heavy atom. The van der Waals surface area contributed by atoms with E-state index in [9.17, 15) is 23.1 Å². The number of hydrogen-bond acceptors (Lipinski definition) is 3. The van der Waals surface area contributed by atoms with Crippen LogP contribution in [0.1, 0.15) is 22.8 Å². The van der Waals surface area contributed by atoms with Crippen LogP contribution in [-0.2, 0) is 11.0 Å². The number of carboxylic acid groups (broad SMARTS) is 1. The van der Waals surface area contributed by atoms with Crippen LogP contribution in [-0.4, -0.2) is 27.4 Å². The zero-order valence-corrected chi connectivity index (χ0v) is 9.27. The first-order chi connectivity index (χ1) is 8.14. The molecule has 0 heterocycles. The normalized spacial score (nSPS) is 15.2. The molecule has 18 heavy (non-hydrogen) atoms. The quantitative estimate of drug-likeness (QED) is 0.773. The molecule has 0 saturated carbocycles. The predicted molar refractivity (Wildman–Crippen MR) is 54.8 cm³/mol. The molecule has 1 rings (SSSR count). The van der Waals surface area contributed by atoms with Gasteiger partial charge in [0.2, 0.25) is 0 Å². The van der Waals surface area contributed by atoms with Gasteiger partial charge in [-0.3, -0.25) is 0 Å². The van der Waals surface area contributed by atoms with E-state index in [0.29, 0.717) is 0 Å². The lowest BCUT2D eigenvalue weighted by atomic mass is 9.97. The SMILES string of the molecule is Cc1cc(C(F)(F)F)ccc1C(O)C(O)C(=O)O. The predicted octanol–water partition coefficient (Wildman–Crippen LogP) is 1.49. The van der Waals surface area contributed by atoms with Crippen LogP contribution in [0.5, 0.6) is 0 Å². The largest absolute Gasteiger partial charge is 0.479 e. The molecule has 1 aromatic rings. The number of aryl methyl sites for hydroxylation is 1. The van der Waals surface area contributed by atoms with Gasteiger partial charge in [-0.25, -0.2) is 4.79 Å². The molecule has 2 unspecified atom stereocenters. The average molecular weight is 264 g/mol. The fraction of sp³-hybridized carbons (Fsp3) is 0.364. The summed E-state index contributed by atoms with van der Waals surface area (Å²) in [7, 11) is 0. The van der Waals surface area contributed by atoms with Gasteiger partial charge in [0.1, 0.15) is 6.10 Å². The van der Waals surface area contributed by atoms with Crippen molar-refractivity contribution in [3.63, 3.8) is 0 Å². The summed E-state index contributed by atoms with van der Waals surface area (Å²) >= 11 is 0. The van der Waals surface area contributed by atoms with Crippen LogP contribution in [0.2, 0.25) is 0 Å². The number of alkyl halides is 3. The van der Waals surface area contributed by atoms with Gasteiger partial charge in [0.05, 0.1) is 5.56 Å². The van der Waals surface area contributed by atoms with Crippen LogP contribution >= 0.6 is 0 Å². The highest BCUT2D eigenvalue weighted by Crippen LogP contribution is 2.32. The van der Waals surface area contributed by atoms with Crippen LogP contribution in [0.15, 0.2) is 18.2 Å². The maximum atomic E-state index is 12.4. The molecule has 0 spiro atoms. The maximum absolute atomic E-state index is 12.4. The summed E-state index contributed by atoms with van der Waals surface area (Å²) in [6.45, 7) is 1.29. The second-order valence-electron chi connectivity index (χ2n) is 3.80. The lowest BCUT2D eigenvalue weighted by molar-refractivity contribution is -0.153. The first kappa shape index (κ1) is 14.5. The molecule has 0 aromatic heterocycles. The van der Waals surface area contributed by atoms with E-state index in [2.05, 4.69) is 0 Å². The molecule has 0 amide bonds. The molecule has 0 aliphatic rings. The fourth-order valence-electron chi connectivity index (χ4n) is 1.49. The van der Waals surface area contributed by atoms with E-state index in [0.717, 1.165) is 18.2 Å². The Balaban J connectivity index is 3.10. The van der Waals surface area contributed by atoms with Crippen molar-refractivity contribution in [1.29, 1.82) is 0 Å². The monoisotopic (exact) mass is 264 g/mol. The van der Waals surface area contributed by atoms with Gasteiger partial charge in [0, 0.05) is 0 Å². The van der Waals surface area contributed by atoms with Crippen molar-refractivity contribution in [3.05, 3.63) is 34.9 Å².